The Bertz CT molecular complexity index is 1190. The van der Waals surface area contributed by atoms with Crippen molar-refractivity contribution in [1.29, 1.82) is 0 Å². The summed E-state index contributed by atoms with van der Waals surface area (Å²) in [6.45, 7) is 2.68. The number of para-hydroxylation sites is 2. The Hall–Kier alpha value is -3.13. The van der Waals surface area contributed by atoms with Crippen LogP contribution in [0.4, 0.5) is 5.69 Å². The van der Waals surface area contributed by atoms with Crippen LogP contribution in [0.15, 0.2) is 64.5 Å². The van der Waals surface area contributed by atoms with E-state index in [0.29, 0.717) is 17.4 Å². The van der Waals surface area contributed by atoms with E-state index in [1.165, 1.54) is 10.9 Å². The van der Waals surface area contributed by atoms with Crippen LogP contribution < -0.4 is 10.5 Å². The minimum atomic E-state index is -0.165. The highest BCUT2D eigenvalue weighted by molar-refractivity contribution is 7.98. The fourth-order valence-electron chi connectivity index (χ4n) is 3.98. The van der Waals surface area contributed by atoms with Crippen molar-refractivity contribution in [2.45, 2.75) is 30.8 Å². The van der Waals surface area contributed by atoms with Crippen molar-refractivity contribution in [3.63, 3.8) is 0 Å². The van der Waals surface area contributed by atoms with Crippen LogP contribution >= 0.6 is 11.8 Å². The van der Waals surface area contributed by atoms with E-state index in [1.54, 1.807) is 39.8 Å². The number of aryl methyl sites for hydroxylation is 1. The van der Waals surface area contributed by atoms with E-state index in [4.69, 9.17) is 0 Å². The number of rotatable bonds is 5. The summed E-state index contributed by atoms with van der Waals surface area (Å²) in [5.41, 5.74) is 1.35. The second-order valence-electron chi connectivity index (χ2n) is 7.57. The van der Waals surface area contributed by atoms with Gasteiger partial charge in [0.15, 0.2) is 0 Å². The number of hydrogen-bond donors (Lipinski definition) is 0. The van der Waals surface area contributed by atoms with Gasteiger partial charge in [-0.15, -0.1) is 11.8 Å². The SMILES string of the molecule is CSc1ccccc1N1C(=O)CN(C(=O)CCn2cnc3ccccc3c2=O)CC1C. The minimum Gasteiger partial charge on any atom is -0.331 e. The molecule has 1 aromatic heterocycles. The Labute approximate surface area is 184 Å². The Balaban J connectivity index is 1.44. The van der Waals surface area contributed by atoms with Crippen molar-refractivity contribution in [2.75, 3.05) is 24.2 Å². The lowest BCUT2D eigenvalue weighted by atomic mass is 10.1. The maximum absolute atomic E-state index is 12.9. The molecule has 0 saturated carbocycles. The van der Waals surface area contributed by atoms with Crippen LogP contribution in [0.25, 0.3) is 10.9 Å². The Kier molecular flexibility index (Phi) is 6.08. The highest BCUT2D eigenvalue weighted by Gasteiger charge is 2.33. The smallest absolute Gasteiger partial charge is 0.261 e. The van der Waals surface area contributed by atoms with Crippen molar-refractivity contribution >= 4 is 40.2 Å². The number of carbonyl (C=O) groups is 2. The van der Waals surface area contributed by atoms with Crippen LogP contribution in [0.5, 0.6) is 0 Å². The van der Waals surface area contributed by atoms with Crippen LogP contribution in [-0.4, -0.2) is 51.7 Å². The first-order chi connectivity index (χ1) is 15.0. The predicted molar refractivity (Wildman–Crippen MR) is 122 cm³/mol. The molecule has 1 aliphatic heterocycles. The Morgan fingerprint density at radius 2 is 1.87 bits per heavy atom. The van der Waals surface area contributed by atoms with Gasteiger partial charge in [-0.2, -0.15) is 0 Å². The van der Waals surface area contributed by atoms with Gasteiger partial charge < -0.3 is 9.80 Å². The number of fused-ring (bicyclic) bond motifs is 1. The molecule has 0 aliphatic carbocycles. The number of benzene rings is 2. The van der Waals surface area contributed by atoms with Gasteiger partial charge in [0.25, 0.3) is 5.56 Å². The second-order valence-corrected chi connectivity index (χ2v) is 8.42. The van der Waals surface area contributed by atoms with Crippen molar-refractivity contribution in [3.8, 4) is 0 Å². The molecule has 0 N–H and O–H groups in total. The van der Waals surface area contributed by atoms with Crippen LogP contribution in [0.1, 0.15) is 13.3 Å². The molecule has 2 aromatic carbocycles. The standard InChI is InChI=1S/C23H24N4O3S/c1-16-13-26(14-22(29)27(16)19-9-5-6-10-20(19)31-2)21(28)11-12-25-15-24-18-8-4-3-7-17(18)23(25)30/h3-10,15-16H,11-14H2,1-2H3. The van der Waals surface area contributed by atoms with E-state index in [9.17, 15) is 14.4 Å². The van der Waals surface area contributed by atoms with Gasteiger partial charge in [-0.25, -0.2) is 4.98 Å². The maximum Gasteiger partial charge on any atom is 0.261 e. The van der Waals surface area contributed by atoms with E-state index in [1.807, 2.05) is 43.5 Å². The molecule has 31 heavy (non-hydrogen) atoms. The molecule has 3 aromatic rings. The molecule has 0 spiro atoms. The fourth-order valence-corrected chi connectivity index (χ4v) is 4.57. The summed E-state index contributed by atoms with van der Waals surface area (Å²) < 4.78 is 1.45. The number of hydrogen-bond acceptors (Lipinski definition) is 5. The monoisotopic (exact) mass is 436 g/mol. The molecule has 1 atom stereocenters. The van der Waals surface area contributed by atoms with Gasteiger partial charge in [0, 0.05) is 24.4 Å². The third-order valence-electron chi connectivity index (χ3n) is 5.52. The number of anilines is 1. The molecule has 1 saturated heterocycles. The zero-order chi connectivity index (χ0) is 22.0. The number of amides is 2. The topological polar surface area (TPSA) is 75.5 Å². The van der Waals surface area contributed by atoms with Gasteiger partial charge in [0.05, 0.1) is 29.0 Å². The molecule has 8 heteroatoms. The molecule has 0 radical (unpaired) electrons. The Morgan fingerprint density at radius 1 is 1.13 bits per heavy atom. The van der Waals surface area contributed by atoms with Crippen LogP contribution in [0.3, 0.4) is 0 Å². The number of nitrogens with zero attached hydrogens (tertiary/aromatic N) is 4. The van der Waals surface area contributed by atoms with Crippen LogP contribution in [0.2, 0.25) is 0 Å². The van der Waals surface area contributed by atoms with Gasteiger partial charge >= 0.3 is 0 Å². The molecule has 7 nitrogen and oxygen atoms in total. The van der Waals surface area contributed by atoms with Crippen molar-refractivity contribution < 1.29 is 9.59 Å². The molecule has 1 unspecified atom stereocenters. The van der Waals surface area contributed by atoms with E-state index < -0.39 is 0 Å². The van der Waals surface area contributed by atoms with Crippen molar-refractivity contribution in [1.82, 2.24) is 14.5 Å². The summed E-state index contributed by atoms with van der Waals surface area (Å²) >= 11 is 1.60. The van der Waals surface area contributed by atoms with Crippen molar-refractivity contribution in [3.05, 3.63) is 65.2 Å². The first-order valence-corrected chi connectivity index (χ1v) is 11.4. The molecular weight excluding hydrogens is 412 g/mol. The predicted octanol–water partition coefficient (Wildman–Crippen LogP) is 2.77. The van der Waals surface area contributed by atoms with Crippen LogP contribution in [0, 0.1) is 0 Å². The fraction of sp³-hybridized carbons (Fsp3) is 0.304. The normalized spacial score (nSPS) is 16.7. The molecule has 160 valence electrons. The molecule has 1 fully saturated rings. The van der Waals surface area contributed by atoms with E-state index >= 15 is 0 Å². The maximum atomic E-state index is 12.9. The number of aromatic nitrogens is 2. The highest BCUT2D eigenvalue weighted by Crippen LogP contribution is 2.31. The van der Waals surface area contributed by atoms with Crippen LogP contribution in [-0.2, 0) is 16.1 Å². The molecule has 0 bridgehead atoms. The summed E-state index contributed by atoms with van der Waals surface area (Å²) in [4.78, 5) is 47.1. The number of piperazine rings is 1. The second kappa shape index (κ2) is 8.93. The zero-order valence-corrected chi connectivity index (χ0v) is 18.3. The first kappa shape index (κ1) is 21.1. The Morgan fingerprint density at radius 3 is 2.65 bits per heavy atom. The summed E-state index contributed by atoms with van der Waals surface area (Å²) in [6, 6.07) is 14.8. The van der Waals surface area contributed by atoms with Gasteiger partial charge in [-0.05, 0) is 37.4 Å². The minimum absolute atomic E-state index is 0.0385. The first-order valence-electron chi connectivity index (χ1n) is 10.2. The van der Waals surface area contributed by atoms with Gasteiger partial charge in [0.1, 0.15) is 6.54 Å². The highest BCUT2D eigenvalue weighted by atomic mass is 32.2. The van der Waals surface area contributed by atoms with Crippen molar-refractivity contribution in [2.24, 2.45) is 0 Å². The lowest BCUT2D eigenvalue weighted by Gasteiger charge is -2.40. The summed E-state index contributed by atoms with van der Waals surface area (Å²) in [7, 11) is 0. The average Bonchev–Trinajstić information content (AvgIpc) is 2.78. The molecule has 2 amide bonds. The van der Waals surface area contributed by atoms with Gasteiger partial charge in [-0.3, -0.25) is 19.0 Å². The van der Waals surface area contributed by atoms with Gasteiger partial charge in [-0.1, -0.05) is 24.3 Å². The third kappa shape index (κ3) is 4.20. The molecule has 2 heterocycles. The van der Waals surface area contributed by atoms with Gasteiger partial charge in [0.2, 0.25) is 11.8 Å². The van der Waals surface area contributed by atoms with E-state index in [-0.39, 0.29) is 42.9 Å². The average molecular weight is 437 g/mol. The molecule has 4 rings (SSSR count). The largest absolute Gasteiger partial charge is 0.331 e. The molecular formula is C23H24N4O3S. The number of carbonyl (C=O) groups excluding carboxylic acids is 2. The summed E-state index contributed by atoms with van der Waals surface area (Å²) in [5.74, 6) is -0.240. The van der Waals surface area contributed by atoms with E-state index in [2.05, 4.69) is 4.98 Å². The zero-order valence-electron chi connectivity index (χ0n) is 17.5. The summed E-state index contributed by atoms with van der Waals surface area (Å²) in [5, 5.41) is 0.530. The third-order valence-corrected chi connectivity index (χ3v) is 6.30. The van der Waals surface area contributed by atoms with E-state index in [0.717, 1.165) is 10.6 Å². The lowest BCUT2D eigenvalue weighted by molar-refractivity contribution is -0.137. The summed E-state index contributed by atoms with van der Waals surface area (Å²) in [6.07, 6.45) is 3.60. The quantitative estimate of drug-likeness (QED) is 0.575. The molecule has 1 aliphatic rings. The number of thioether (sulfide) groups is 1. The lowest BCUT2D eigenvalue weighted by Crippen LogP contribution is -2.57.